The highest BCUT2D eigenvalue weighted by Gasteiger charge is 2.21. The van der Waals surface area contributed by atoms with Crippen LogP contribution < -0.4 is 20.5 Å². The molecule has 5 N–H and O–H groups in total. The van der Waals surface area contributed by atoms with Gasteiger partial charge in [-0.15, -0.1) is 0 Å². The van der Waals surface area contributed by atoms with Gasteiger partial charge in [-0.2, -0.15) is 0 Å². The summed E-state index contributed by atoms with van der Waals surface area (Å²) in [5.74, 6) is 0.647. The normalized spacial score (nSPS) is 12.8. The van der Waals surface area contributed by atoms with Gasteiger partial charge in [-0.1, -0.05) is 42.5 Å². The fourth-order valence-corrected chi connectivity index (χ4v) is 2.97. The molecular formula is C25H26N2O5. The minimum absolute atomic E-state index is 0.115. The molecule has 166 valence electrons. The summed E-state index contributed by atoms with van der Waals surface area (Å²) in [6, 6.07) is 22.8. The summed E-state index contributed by atoms with van der Waals surface area (Å²) in [6.45, 7) is 0.0302. The smallest absolute Gasteiger partial charge is 0.248 e. The molecule has 2 atom stereocenters. The Morgan fingerprint density at radius 2 is 1.72 bits per heavy atom. The van der Waals surface area contributed by atoms with Gasteiger partial charge in [0.15, 0.2) is 0 Å². The number of nitrogen functional groups attached to an aromatic ring is 1. The highest BCUT2D eigenvalue weighted by atomic mass is 16.5. The minimum atomic E-state index is -1.08. The first-order valence-electron chi connectivity index (χ1n) is 10.1. The number of ether oxygens (including phenoxy) is 2. The van der Waals surface area contributed by atoms with Crippen molar-refractivity contribution in [1.29, 1.82) is 0 Å². The van der Waals surface area contributed by atoms with Gasteiger partial charge in [0.1, 0.15) is 30.3 Å². The molecule has 0 saturated carbocycles. The van der Waals surface area contributed by atoms with E-state index in [0.717, 1.165) is 0 Å². The Morgan fingerprint density at radius 3 is 2.47 bits per heavy atom. The fraction of sp³-hybridized carbons (Fsp3) is 0.160. The predicted octanol–water partition coefficient (Wildman–Crippen LogP) is 3.32. The SMILES string of the molecule is Nc1ccccc1NC(=O)/C=C/[C@@H](Oc1ccccc1)[C@H](O)c1cccc(OCCO)c1. The maximum atomic E-state index is 12.4. The maximum Gasteiger partial charge on any atom is 0.248 e. The third kappa shape index (κ3) is 6.60. The lowest BCUT2D eigenvalue weighted by atomic mass is 10.0. The summed E-state index contributed by atoms with van der Waals surface area (Å²) >= 11 is 0. The number of benzene rings is 3. The molecule has 1 amide bonds. The van der Waals surface area contributed by atoms with Crippen LogP contribution in [0.15, 0.2) is 91.0 Å². The molecule has 0 aliphatic heterocycles. The quantitative estimate of drug-likeness (QED) is 0.288. The van der Waals surface area contributed by atoms with Gasteiger partial charge in [0, 0.05) is 6.08 Å². The lowest BCUT2D eigenvalue weighted by Crippen LogP contribution is -2.24. The van der Waals surface area contributed by atoms with E-state index in [1.807, 2.05) is 18.2 Å². The molecule has 3 aromatic rings. The Morgan fingerprint density at radius 1 is 1.00 bits per heavy atom. The average Bonchev–Trinajstić information content (AvgIpc) is 2.82. The summed E-state index contributed by atoms with van der Waals surface area (Å²) in [4.78, 5) is 12.4. The van der Waals surface area contributed by atoms with E-state index in [1.165, 1.54) is 12.2 Å². The molecular weight excluding hydrogens is 408 g/mol. The van der Waals surface area contributed by atoms with Crippen molar-refractivity contribution in [2.45, 2.75) is 12.2 Å². The van der Waals surface area contributed by atoms with Crippen LogP contribution in [0.1, 0.15) is 11.7 Å². The van der Waals surface area contributed by atoms with Gasteiger partial charge >= 0.3 is 0 Å². The summed E-state index contributed by atoms with van der Waals surface area (Å²) in [5, 5.41) is 22.7. The fourth-order valence-electron chi connectivity index (χ4n) is 2.97. The van der Waals surface area contributed by atoms with Gasteiger partial charge in [-0.25, -0.2) is 0 Å². The van der Waals surface area contributed by atoms with Crippen LogP contribution in [0, 0.1) is 0 Å². The Kier molecular flexibility index (Phi) is 8.25. The number of anilines is 2. The number of rotatable bonds is 10. The van der Waals surface area contributed by atoms with Crippen LogP contribution in [0.3, 0.4) is 0 Å². The van der Waals surface area contributed by atoms with Crippen LogP contribution in [0.2, 0.25) is 0 Å². The van der Waals surface area contributed by atoms with Gasteiger partial charge in [0.05, 0.1) is 18.0 Å². The molecule has 3 aromatic carbocycles. The first kappa shape index (κ1) is 22.9. The minimum Gasteiger partial charge on any atom is -0.491 e. The number of carbonyl (C=O) groups excluding carboxylic acids is 1. The lowest BCUT2D eigenvalue weighted by Gasteiger charge is -2.22. The summed E-state index contributed by atoms with van der Waals surface area (Å²) in [6.07, 6.45) is 0.853. The van der Waals surface area contributed by atoms with E-state index >= 15 is 0 Å². The van der Waals surface area contributed by atoms with Crippen LogP contribution in [0.4, 0.5) is 11.4 Å². The molecule has 0 fully saturated rings. The standard InChI is InChI=1S/C25H26N2O5/c26-21-11-4-5-12-22(21)27-24(29)14-13-23(32-19-8-2-1-3-9-19)25(30)18-7-6-10-20(17-18)31-16-15-28/h1-14,17,23,25,28,30H,15-16,26H2,(H,27,29)/b14-13+/t23-,25-/m1/s1. The van der Waals surface area contributed by atoms with E-state index in [1.54, 1.807) is 60.7 Å². The second-order valence-corrected chi connectivity index (χ2v) is 6.92. The molecule has 0 aliphatic carbocycles. The zero-order valence-electron chi connectivity index (χ0n) is 17.4. The molecule has 0 radical (unpaired) electrons. The van der Waals surface area contributed by atoms with Crippen LogP contribution in [0.25, 0.3) is 0 Å². The molecule has 3 rings (SSSR count). The largest absolute Gasteiger partial charge is 0.491 e. The van der Waals surface area contributed by atoms with Crippen LogP contribution in [0.5, 0.6) is 11.5 Å². The highest BCUT2D eigenvalue weighted by Crippen LogP contribution is 2.26. The van der Waals surface area contributed by atoms with Gasteiger partial charge in [-0.3, -0.25) is 4.79 Å². The topological polar surface area (TPSA) is 114 Å². The predicted molar refractivity (Wildman–Crippen MR) is 123 cm³/mol. The number of aliphatic hydroxyl groups excluding tert-OH is 2. The molecule has 0 aliphatic rings. The van der Waals surface area contributed by atoms with Crippen molar-refractivity contribution in [2.75, 3.05) is 24.3 Å². The molecule has 7 heteroatoms. The molecule has 0 unspecified atom stereocenters. The van der Waals surface area contributed by atoms with Crippen LogP contribution in [-0.2, 0) is 4.79 Å². The van der Waals surface area contributed by atoms with Crippen molar-refractivity contribution in [3.8, 4) is 11.5 Å². The van der Waals surface area contributed by atoms with E-state index in [2.05, 4.69) is 5.32 Å². The zero-order chi connectivity index (χ0) is 22.8. The molecule has 0 aromatic heterocycles. The number of para-hydroxylation sites is 3. The number of amides is 1. The highest BCUT2D eigenvalue weighted by molar-refractivity contribution is 6.01. The lowest BCUT2D eigenvalue weighted by molar-refractivity contribution is -0.112. The molecule has 32 heavy (non-hydrogen) atoms. The summed E-state index contributed by atoms with van der Waals surface area (Å²) in [7, 11) is 0. The van der Waals surface area contributed by atoms with Crippen molar-refractivity contribution < 1.29 is 24.5 Å². The Balaban J connectivity index is 1.79. The number of nitrogens with one attached hydrogen (secondary N) is 1. The Bertz CT molecular complexity index is 1040. The van der Waals surface area contributed by atoms with E-state index in [0.29, 0.717) is 28.4 Å². The van der Waals surface area contributed by atoms with Crippen molar-refractivity contribution >= 4 is 17.3 Å². The first-order chi connectivity index (χ1) is 15.6. The van der Waals surface area contributed by atoms with E-state index in [-0.39, 0.29) is 13.2 Å². The molecule has 0 saturated heterocycles. The van der Waals surface area contributed by atoms with E-state index in [4.69, 9.17) is 20.3 Å². The number of carbonyl (C=O) groups is 1. The molecule has 0 bridgehead atoms. The van der Waals surface area contributed by atoms with Crippen molar-refractivity contribution in [3.63, 3.8) is 0 Å². The van der Waals surface area contributed by atoms with Gasteiger partial charge in [0.25, 0.3) is 0 Å². The third-order valence-corrected chi connectivity index (χ3v) is 4.54. The first-order valence-corrected chi connectivity index (χ1v) is 10.1. The van der Waals surface area contributed by atoms with Gasteiger partial charge < -0.3 is 30.7 Å². The monoisotopic (exact) mass is 434 g/mol. The zero-order valence-corrected chi connectivity index (χ0v) is 17.4. The van der Waals surface area contributed by atoms with Crippen LogP contribution >= 0.6 is 0 Å². The summed E-state index contributed by atoms with van der Waals surface area (Å²) in [5.41, 5.74) is 7.36. The molecule has 7 nitrogen and oxygen atoms in total. The van der Waals surface area contributed by atoms with E-state index in [9.17, 15) is 9.90 Å². The Hall–Kier alpha value is -3.81. The number of hydrogen-bond donors (Lipinski definition) is 4. The van der Waals surface area contributed by atoms with Gasteiger partial charge in [0.2, 0.25) is 5.91 Å². The van der Waals surface area contributed by atoms with Crippen molar-refractivity contribution in [3.05, 3.63) is 96.6 Å². The van der Waals surface area contributed by atoms with Crippen LogP contribution in [-0.4, -0.2) is 35.4 Å². The van der Waals surface area contributed by atoms with Crippen molar-refractivity contribution in [2.24, 2.45) is 0 Å². The molecule has 0 heterocycles. The number of nitrogens with two attached hydrogens (primary N) is 1. The second-order valence-electron chi connectivity index (χ2n) is 6.92. The summed E-state index contributed by atoms with van der Waals surface area (Å²) < 4.78 is 11.4. The third-order valence-electron chi connectivity index (χ3n) is 4.54. The van der Waals surface area contributed by atoms with E-state index < -0.39 is 18.1 Å². The van der Waals surface area contributed by atoms with Crippen molar-refractivity contribution in [1.82, 2.24) is 0 Å². The second kappa shape index (κ2) is 11.5. The number of hydrogen-bond acceptors (Lipinski definition) is 6. The average molecular weight is 434 g/mol. The molecule has 0 spiro atoms. The number of aliphatic hydroxyl groups is 2. The van der Waals surface area contributed by atoms with Gasteiger partial charge in [-0.05, 0) is 48.0 Å². The Labute approximate surface area is 186 Å². The maximum absolute atomic E-state index is 12.4.